The van der Waals surface area contributed by atoms with E-state index in [-0.39, 0.29) is 0 Å². The van der Waals surface area contributed by atoms with Crippen molar-refractivity contribution in [1.29, 1.82) is 0 Å². The number of ether oxygens (including phenoxy) is 1. The molecule has 4 atom stereocenters. The molecule has 0 spiro atoms. The van der Waals surface area contributed by atoms with Gasteiger partial charge in [-0.2, -0.15) is 11.3 Å². The Morgan fingerprint density at radius 3 is 3.06 bits per heavy atom. The normalized spacial score (nSPS) is 33.1. The summed E-state index contributed by atoms with van der Waals surface area (Å²) in [4.78, 5) is 0. The molecule has 2 bridgehead atoms. The second kappa shape index (κ2) is 5.09. The van der Waals surface area contributed by atoms with Crippen molar-refractivity contribution in [3.05, 3.63) is 22.4 Å². The zero-order valence-corrected chi connectivity index (χ0v) is 11.2. The predicted molar refractivity (Wildman–Crippen MR) is 71.5 cm³/mol. The molecule has 3 rings (SSSR count). The first kappa shape index (κ1) is 11.7. The van der Waals surface area contributed by atoms with Crippen LogP contribution in [0.3, 0.4) is 0 Å². The van der Waals surface area contributed by atoms with Gasteiger partial charge in [0.25, 0.3) is 0 Å². The molecule has 1 aromatic rings. The highest BCUT2D eigenvalue weighted by Gasteiger charge is 2.43. The maximum atomic E-state index is 5.97. The van der Waals surface area contributed by atoms with Crippen molar-refractivity contribution >= 4 is 11.3 Å². The van der Waals surface area contributed by atoms with Crippen LogP contribution in [0.15, 0.2) is 16.8 Å². The van der Waals surface area contributed by atoms with Gasteiger partial charge in [-0.3, -0.25) is 0 Å². The van der Waals surface area contributed by atoms with Crippen LogP contribution < -0.4 is 5.32 Å². The van der Waals surface area contributed by atoms with E-state index in [1.165, 1.54) is 37.7 Å². The Labute approximate surface area is 107 Å². The van der Waals surface area contributed by atoms with Crippen LogP contribution in [0.2, 0.25) is 0 Å². The Morgan fingerprint density at radius 2 is 2.47 bits per heavy atom. The lowest BCUT2D eigenvalue weighted by Gasteiger charge is -2.28. The van der Waals surface area contributed by atoms with Gasteiger partial charge in [0.2, 0.25) is 0 Å². The third-order valence-corrected chi connectivity index (χ3v) is 5.10. The molecule has 1 aromatic heterocycles. The summed E-state index contributed by atoms with van der Waals surface area (Å²) in [6.07, 6.45) is 7.41. The molecule has 2 saturated heterocycles. The van der Waals surface area contributed by atoms with Gasteiger partial charge in [-0.15, -0.1) is 0 Å². The van der Waals surface area contributed by atoms with E-state index in [0.717, 1.165) is 5.92 Å². The van der Waals surface area contributed by atoms with Gasteiger partial charge in [-0.1, -0.05) is 0 Å². The second-order valence-electron chi connectivity index (χ2n) is 5.34. The van der Waals surface area contributed by atoms with Crippen LogP contribution in [0.5, 0.6) is 0 Å². The monoisotopic (exact) mass is 251 g/mol. The van der Waals surface area contributed by atoms with E-state index in [2.05, 4.69) is 29.2 Å². The van der Waals surface area contributed by atoms with Gasteiger partial charge in [0.15, 0.2) is 0 Å². The highest BCUT2D eigenvalue weighted by atomic mass is 32.1. The summed E-state index contributed by atoms with van der Waals surface area (Å²) in [6.45, 7) is 0. The topological polar surface area (TPSA) is 21.3 Å². The van der Waals surface area contributed by atoms with Crippen LogP contribution in [-0.4, -0.2) is 25.3 Å². The SMILES string of the molecule is CNC(CCc1ccsc1)C1CC2CCC1O2. The molecule has 0 aliphatic carbocycles. The minimum Gasteiger partial charge on any atom is -0.375 e. The van der Waals surface area contributed by atoms with Gasteiger partial charge >= 0.3 is 0 Å². The number of thiophene rings is 1. The molecule has 2 aliphatic heterocycles. The Morgan fingerprint density at radius 1 is 1.53 bits per heavy atom. The summed E-state index contributed by atoms with van der Waals surface area (Å²) in [5.74, 6) is 0.748. The van der Waals surface area contributed by atoms with Crippen molar-refractivity contribution in [2.75, 3.05) is 7.05 Å². The van der Waals surface area contributed by atoms with Gasteiger partial charge in [0, 0.05) is 12.0 Å². The van der Waals surface area contributed by atoms with E-state index in [4.69, 9.17) is 4.74 Å². The molecule has 3 heteroatoms. The standard InChI is InChI=1S/C14H21NOS/c1-15-13(4-2-10-6-7-17-9-10)12-8-11-3-5-14(12)16-11/h6-7,9,11-15H,2-5,8H2,1H3. The lowest BCUT2D eigenvalue weighted by molar-refractivity contribution is 0.0856. The van der Waals surface area contributed by atoms with E-state index >= 15 is 0 Å². The van der Waals surface area contributed by atoms with Gasteiger partial charge in [0.1, 0.15) is 0 Å². The van der Waals surface area contributed by atoms with E-state index < -0.39 is 0 Å². The maximum Gasteiger partial charge on any atom is 0.0623 e. The molecule has 17 heavy (non-hydrogen) atoms. The molecule has 2 nitrogen and oxygen atoms in total. The van der Waals surface area contributed by atoms with Crippen molar-refractivity contribution in [3.63, 3.8) is 0 Å². The van der Waals surface area contributed by atoms with Crippen LogP contribution in [0, 0.1) is 5.92 Å². The van der Waals surface area contributed by atoms with Crippen LogP contribution in [0.1, 0.15) is 31.2 Å². The van der Waals surface area contributed by atoms with Crippen LogP contribution >= 0.6 is 11.3 Å². The highest BCUT2D eigenvalue weighted by molar-refractivity contribution is 7.07. The molecular formula is C14H21NOS. The molecule has 3 heterocycles. The molecule has 94 valence electrons. The summed E-state index contributed by atoms with van der Waals surface area (Å²) in [5, 5.41) is 7.95. The molecule has 2 fully saturated rings. The quantitative estimate of drug-likeness (QED) is 0.869. The molecule has 1 N–H and O–H groups in total. The number of aryl methyl sites for hydroxylation is 1. The van der Waals surface area contributed by atoms with Crippen molar-refractivity contribution in [2.45, 2.75) is 50.4 Å². The third-order valence-electron chi connectivity index (χ3n) is 4.36. The van der Waals surface area contributed by atoms with E-state index in [1.807, 2.05) is 0 Å². The smallest absolute Gasteiger partial charge is 0.0623 e. The highest BCUT2D eigenvalue weighted by Crippen LogP contribution is 2.41. The fraction of sp³-hybridized carbons (Fsp3) is 0.714. The zero-order chi connectivity index (χ0) is 11.7. The first-order valence-corrected chi connectivity index (χ1v) is 7.65. The van der Waals surface area contributed by atoms with Crippen molar-refractivity contribution in [2.24, 2.45) is 5.92 Å². The van der Waals surface area contributed by atoms with Crippen molar-refractivity contribution < 1.29 is 4.74 Å². The van der Waals surface area contributed by atoms with Crippen molar-refractivity contribution in [3.8, 4) is 0 Å². The lowest BCUT2D eigenvalue weighted by Crippen LogP contribution is -2.39. The number of hydrogen-bond donors (Lipinski definition) is 1. The number of nitrogens with one attached hydrogen (secondary N) is 1. The van der Waals surface area contributed by atoms with Crippen LogP contribution in [0.4, 0.5) is 0 Å². The molecule has 0 aromatic carbocycles. The number of rotatable bonds is 5. The molecule has 0 radical (unpaired) electrons. The maximum absolute atomic E-state index is 5.97. The molecule has 2 aliphatic rings. The summed E-state index contributed by atoms with van der Waals surface area (Å²) in [6, 6.07) is 2.87. The summed E-state index contributed by atoms with van der Waals surface area (Å²) in [7, 11) is 2.10. The second-order valence-corrected chi connectivity index (χ2v) is 6.12. The average Bonchev–Trinajstić information content (AvgIpc) is 3.07. The third kappa shape index (κ3) is 2.42. The average molecular weight is 251 g/mol. The molecule has 0 amide bonds. The molecule has 4 unspecified atom stereocenters. The summed E-state index contributed by atoms with van der Waals surface area (Å²) in [5.41, 5.74) is 1.49. The van der Waals surface area contributed by atoms with Crippen molar-refractivity contribution in [1.82, 2.24) is 5.32 Å². The number of hydrogen-bond acceptors (Lipinski definition) is 3. The fourth-order valence-electron chi connectivity index (χ4n) is 3.43. The minimum atomic E-state index is 0.542. The zero-order valence-electron chi connectivity index (χ0n) is 10.4. The lowest BCUT2D eigenvalue weighted by atomic mass is 9.82. The van der Waals surface area contributed by atoms with Gasteiger partial charge in [-0.05, 0) is 61.5 Å². The van der Waals surface area contributed by atoms with E-state index in [0.29, 0.717) is 18.2 Å². The van der Waals surface area contributed by atoms with Gasteiger partial charge in [0.05, 0.1) is 12.2 Å². The van der Waals surface area contributed by atoms with Gasteiger partial charge < -0.3 is 10.1 Å². The number of fused-ring (bicyclic) bond motifs is 2. The summed E-state index contributed by atoms with van der Waals surface area (Å²) < 4.78 is 5.97. The Balaban J connectivity index is 1.56. The minimum absolute atomic E-state index is 0.542. The molecular weight excluding hydrogens is 230 g/mol. The first-order valence-electron chi connectivity index (χ1n) is 6.70. The Hall–Kier alpha value is -0.380. The van der Waals surface area contributed by atoms with E-state index in [9.17, 15) is 0 Å². The van der Waals surface area contributed by atoms with Gasteiger partial charge in [-0.25, -0.2) is 0 Å². The van der Waals surface area contributed by atoms with Crippen LogP contribution in [-0.2, 0) is 11.2 Å². The summed E-state index contributed by atoms with van der Waals surface area (Å²) >= 11 is 1.80. The largest absolute Gasteiger partial charge is 0.375 e. The van der Waals surface area contributed by atoms with Crippen LogP contribution in [0.25, 0.3) is 0 Å². The van der Waals surface area contributed by atoms with E-state index in [1.54, 1.807) is 11.3 Å². The Bertz CT molecular complexity index is 351. The Kier molecular flexibility index (Phi) is 3.50. The fourth-order valence-corrected chi connectivity index (χ4v) is 4.13. The molecule has 0 saturated carbocycles. The first-order chi connectivity index (χ1) is 8.36. The predicted octanol–water partition coefficient (Wildman–Crippen LogP) is 2.84.